The number of aliphatic hydroxyl groups is 2. The largest absolute Gasteiger partial charge is 0.394 e. The van der Waals surface area contributed by atoms with E-state index in [0.717, 1.165) is 0 Å². The van der Waals surface area contributed by atoms with Gasteiger partial charge in [-0.25, -0.2) is 0 Å². The average Bonchev–Trinajstić information content (AvgIpc) is 1.86. The Morgan fingerprint density at radius 3 is 2.11 bits per heavy atom. The third-order valence-corrected chi connectivity index (χ3v) is 1.29. The topological polar surface area (TPSA) is 72.7 Å². The predicted molar refractivity (Wildman–Crippen MR) is 32.1 cm³/mol. The lowest BCUT2D eigenvalue weighted by Gasteiger charge is -2.26. The lowest BCUT2D eigenvalue weighted by molar-refractivity contribution is -0.0334. The number of rotatable bonds is 3. The summed E-state index contributed by atoms with van der Waals surface area (Å²) in [6, 6.07) is 0. The van der Waals surface area contributed by atoms with Gasteiger partial charge in [0.05, 0.1) is 18.2 Å². The first-order valence-corrected chi connectivity index (χ1v) is 2.74. The van der Waals surface area contributed by atoms with Gasteiger partial charge in [-0.3, -0.25) is 0 Å². The zero-order valence-corrected chi connectivity index (χ0v) is 5.63. The Bertz CT molecular complexity index is 84.3. The highest BCUT2D eigenvalue weighted by atomic mass is 16.5. The van der Waals surface area contributed by atoms with Crippen LogP contribution in [0.2, 0.25) is 0 Å². The van der Waals surface area contributed by atoms with Gasteiger partial charge in [-0.2, -0.15) is 5.48 Å². The molecule has 0 aromatic heterocycles. The smallest absolute Gasteiger partial charge is 0.0968 e. The van der Waals surface area contributed by atoms with Crippen molar-refractivity contribution in [3.05, 3.63) is 0 Å². The van der Waals surface area contributed by atoms with E-state index < -0.39 is 11.6 Å². The van der Waals surface area contributed by atoms with Crippen LogP contribution in [0.25, 0.3) is 0 Å². The third-order valence-electron chi connectivity index (χ3n) is 1.29. The number of hydroxylamine groups is 1. The summed E-state index contributed by atoms with van der Waals surface area (Å²) >= 11 is 0. The minimum Gasteiger partial charge on any atom is -0.394 e. The van der Waals surface area contributed by atoms with Crippen LogP contribution in [0, 0.1) is 0 Å². The maximum Gasteiger partial charge on any atom is 0.0968 e. The van der Waals surface area contributed by atoms with Gasteiger partial charge in [-0.05, 0) is 13.8 Å². The lowest BCUT2D eigenvalue weighted by Crippen LogP contribution is -2.49. The summed E-state index contributed by atoms with van der Waals surface area (Å²) in [5, 5.41) is 25.7. The van der Waals surface area contributed by atoms with Crippen molar-refractivity contribution in [2.45, 2.75) is 25.5 Å². The molecule has 0 bridgehead atoms. The van der Waals surface area contributed by atoms with E-state index in [9.17, 15) is 0 Å². The van der Waals surface area contributed by atoms with Gasteiger partial charge < -0.3 is 15.4 Å². The molecule has 0 aliphatic rings. The molecule has 0 rings (SSSR count). The molecule has 4 nitrogen and oxygen atoms in total. The van der Waals surface area contributed by atoms with E-state index in [1.807, 2.05) is 5.48 Å². The summed E-state index contributed by atoms with van der Waals surface area (Å²) < 4.78 is 0. The van der Waals surface area contributed by atoms with Crippen molar-refractivity contribution in [3.8, 4) is 0 Å². The molecular weight excluding hydrogens is 122 g/mol. The molecule has 0 spiro atoms. The second-order valence-electron chi connectivity index (χ2n) is 2.53. The van der Waals surface area contributed by atoms with Crippen molar-refractivity contribution in [1.29, 1.82) is 0 Å². The highest BCUT2D eigenvalue weighted by Crippen LogP contribution is 2.06. The van der Waals surface area contributed by atoms with Gasteiger partial charge in [-0.15, -0.1) is 0 Å². The zero-order valence-electron chi connectivity index (χ0n) is 5.63. The van der Waals surface area contributed by atoms with E-state index in [1.165, 1.54) is 0 Å². The van der Waals surface area contributed by atoms with Crippen LogP contribution in [-0.2, 0) is 0 Å². The summed E-state index contributed by atoms with van der Waals surface area (Å²) in [5.74, 6) is 0. The Balaban J connectivity index is 3.80. The van der Waals surface area contributed by atoms with Gasteiger partial charge in [0.2, 0.25) is 0 Å². The van der Waals surface area contributed by atoms with Crippen molar-refractivity contribution < 1.29 is 15.4 Å². The quantitative estimate of drug-likeness (QED) is 0.378. The van der Waals surface area contributed by atoms with Crippen LogP contribution in [0.3, 0.4) is 0 Å². The Kier molecular flexibility index (Phi) is 3.07. The lowest BCUT2D eigenvalue weighted by atomic mass is 10.00. The highest BCUT2D eigenvalue weighted by molar-refractivity contribution is 4.81. The van der Waals surface area contributed by atoms with Gasteiger partial charge >= 0.3 is 0 Å². The first-order valence-electron chi connectivity index (χ1n) is 2.74. The molecule has 0 radical (unpaired) electrons. The molecule has 0 fully saturated rings. The van der Waals surface area contributed by atoms with E-state index in [-0.39, 0.29) is 6.61 Å². The van der Waals surface area contributed by atoms with Crippen molar-refractivity contribution in [2.75, 3.05) is 6.61 Å². The number of aliphatic hydroxyl groups excluding tert-OH is 2. The van der Waals surface area contributed by atoms with Crippen LogP contribution in [0.5, 0.6) is 0 Å². The summed E-state index contributed by atoms with van der Waals surface area (Å²) in [7, 11) is 0. The first-order chi connectivity index (χ1) is 4.04. The second-order valence-corrected chi connectivity index (χ2v) is 2.53. The molecule has 1 unspecified atom stereocenters. The highest BCUT2D eigenvalue weighted by Gasteiger charge is 2.25. The molecule has 56 valence electrons. The molecule has 4 N–H and O–H groups in total. The van der Waals surface area contributed by atoms with Gasteiger partial charge in [0.1, 0.15) is 0 Å². The number of nitrogens with one attached hydrogen (secondary N) is 1. The fourth-order valence-electron chi connectivity index (χ4n) is 0.303. The number of hydrogen-bond acceptors (Lipinski definition) is 4. The average molecular weight is 135 g/mol. The Labute approximate surface area is 54.1 Å². The summed E-state index contributed by atoms with van der Waals surface area (Å²) in [5.41, 5.74) is 1.04. The molecule has 0 aliphatic heterocycles. The van der Waals surface area contributed by atoms with Crippen LogP contribution in [0.4, 0.5) is 0 Å². The molecule has 0 amide bonds. The SMILES string of the molecule is CC(C)(NO)C(O)CO. The summed E-state index contributed by atoms with van der Waals surface area (Å²) in [4.78, 5) is 0. The minimum absolute atomic E-state index is 0.361. The van der Waals surface area contributed by atoms with Crippen LogP contribution >= 0.6 is 0 Å². The van der Waals surface area contributed by atoms with Gasteiger partial charge in [0, 0.05) is 0 Å². The van der Waals surface area contributed by atoms with Gasteiger partial charge in [-0.1, -0.05) is 0 Å². The molecule has 1 atom stereocenters. The van der Waals surface area contributed by atoms with Crippen LogP contribution in [0.15, 0.2) is 0 Å². The molecule has 0 aromatic carbocycles. The molecule has 0 aliphatic carbocycles. The maximum atomic E-state index is 8.91. The summed E-state index contributed by atoms with van der Waals surface area (Å²) in [6.45, 7) is 2.79. The minimum atomic E-state index is -0.942. The van der Waals surface area contributed by atoms with Crippen molar-refractivity contribution >= 4 is 0 Å². The van der Waals surface area contributed by atoms with Crippen molar-refractivity contribution in [2.24, 2.45) is 0 Å². The molecule has 0 heterocycles. The molecule has 0 saturated carbocycles. The Morgan fingerprint density at radius 1 is 1.56 bits per heavy atom. The first kappa shape index (κ1) is 8.84. The molecule has 9 heavy (non-hydrogen) atoms. The van der Waals surface area contributed by atoms with Crippen LogP contribution in [-0.4, -0.2) is 33.7 Å². The van der Waals surface area contributed by atoms with Crippen molar-refractivity contribution in [1.82, 2.24) is 5.48 Å². The Hall–Kier alpha value is -0.160. The van der Waals surface area contributed by atoms with E-state index in [1.54, 1.807) is 13.8 Å². The molecule has 0 saturated heterocycles. The standard InChI is InChI=1S/C5H13NO3/c1-5(2,6-9)4(8)3-7/h4,6-9H,3H2,1-2H3. The Morgan fingerprint density at radius 2 is 2.00 bits per heavy atom. The fourth-order valence-corrected chi connectivity index (χ4v) is 0.303. The monoisotopic (exact) mass is 135 g/mol. The summed E-state index contributed by atoms with van der Waals surface area (Å²) in [6.07, 6.45) is -0.942. The number of hydrogen-bond donors (Lipinski definition) is 4. The zero-order chi connectivity index (χ0) is 7.49. The van der Waals surface area contributed by atoms with Gasteiger partial charge in [0.15, 0.2) is 0 Å². The van der Waals surface area contributed by atoms with Crippen LogP contribution < -0.4 is 5.48 Å². The second kappa shape index (κ2) is 3.12. The van der Waals surface area contributed by atoms with Crippen LogP contribution in [0.1, 0.15) is 13.8 Å². The van der Waals surface area contributed by atoms with E-state index in [4.69, 9.17) is 15.4 Å². The molecular formula is C5H13NO3. The predicted octanol–water partition coefficient (Wildman–Crippen LogP) is -0.903. The van der Waals surface area contributed by atoms with E-state index in [2.05, 4.69) is 0 Å². The molecule has 4 heteroatoms. The van der Waals surface area contributed by atoms with Crippen molar-refractivity contribution in [3.63, 3.8) is 0 Å². The third kappa shape index (κ3) is 2.28. The maximum absolute atomic E-state index is 8.91. The molecule has 0 aromatic rings. The van der Waals surface area contributed by atoms with E-state index in [0.29, 0.717) is 0 Å². The normalized spacial score (nSPS) is 15.7. The van der Waals surface area contributed by atoms with E-state index >= 15 is 0 Å². The van der Waals surface area contributed by atoms with Gasteiger partial charge in [0.25, 0.3) is 0 Å². The fraction of sp³-hybridized carbons (Fsp3) is 1.00.